The summed E-state index contributed by atoms with van der Waals surface area (Å²) in [6.07, 6.45) is 0. The highest BCUT2D eigenvalue weighted by atomic mass is 16.2. The summed E-state index contributed by atoms with van der Waals surface area (Å²) in [5.74, 6) is 0.628. The fourth-order valence-electron chi connectivity index (χ4n) is 1.87. The number of nitrogens with zero attached hydrogens (tertiary/aromatic N) is 5. The Hall–Kier alpha value is -2.69. The molecular weight excluding hydrogens is 272 g/mol. The first-order valence-electron chi connectivity index (χ1n) is 6.48. The Balaban J connectivity index is 2.77. The van der Waals surface area contributed by atoms with Gasteiger partial charge in [0.05, 0.1) is 0 Å². The van der Waals surface area contributed by atoms with E-state index in [1.807, 2.05) is 19.9 Å². The van der Waals surface area contributed by atoms with Crippen molar-refractivity contribution in [1.82, 2.24) is 19.1 Å². The molecule has 0 bridgehead atoms. The molecule has 0 atom stereocenters. The first-order valence-corrected chi connectivity index (χ1v) is 6.48. The summed E-state index contributed by atoms with van der Waals surface area (Å²) < 4.78 is 2.19. The van der Waals surface area contributed by atoms with E-state index in [1.165, 1.54) is 18.7 Å². The van der Waals surface area contributed by atoms with Crippen LogP contribution in [0.15, 0.2) is 9.59 Å². The molecule has 0 aromatic carbocycles. The van der Waals surface area contributed by atoms with Crippen LogP contribution < -0.4 is 16.6 Å². The molecule has 0 aliphatic carbocycles. The third kappa shape index (κ3) is 2.50. The summed E-state index contributed by atoms with van der Waals surface area (Å²) in [5, 5.41) is 12.2. The lowest BCUT2D eigenvalue weighted by Crippen LogP contribution is -2.38. The number of aryl methyl sites for hydroxylation is 1. The SMILES string of the molecule is CC(C)CNc1nc2c(nc1C#N)c(=O)n(C)c(=O)n2C. The minimum Gasteiger partial charge on any atom is -0.367 e. The smallest absolute Gasteiger partial charge is 0.332 e. The number of hydrogen-bond donors (Lipinski definition) is 1. The van der Waals surface area contributed by atoms with E-state index in [1.54, 1.807) is 0 Å². The standard InChI is InChI=1S/C13H16N6O2/c1-7(2)6-15-10-8(5-14)16-9-11(17-10)18(3)13(21)19(4)12(9)20/h7H,6H2,1-4H3,(H,15,17). The topological polar surface area (TPSA) is 106 Å². The van der Waals surface area contributed by atoms with E-state index in [4.69, 9.17) is 5.26 Å². The first-order chi connectivity index (χ1) is 9.86. The second kappa shape index (κ2) is 5.36. The Labute approximate surface area is 120 Å². The molecule has 2 aromatic rings. The monoisotopic (exact) mass is 288 g/mol. The van der Waals surface area contributed by atoms with Crippen molar-refractivity contribution in [3.63, 3.8) is 0 Å². The molecule has 0 radical (unpaired) electrons. The highest BCUT2D eigenvalue weighted by molar-refractivity contribution is 5.73. The third-order valence-corrected chi connectivity index (χ3v) is 3.06. The number of nitrogens with one attached hydrogen (secondary N) is 1. The number of hydrogen-bond acceptors (Lipinski definition) is 6. The lowest BCUT2D eigenvalue weighted by atomic mass is 10.2. The summed E-state index contributed by atoms with van der Waals surface area (Å²) in [5.41, 5.74) is -0.840. The summed E-state index contributed by atoms with van der Waals surface area (Å²) in [7, 11) is 2.87. The first kappa shape index (κ1) is 14.7. The van der Waals surface area contributed by atoms with Crippen LogP contribution in [0.5, 0.6) is 0 Å². The zero-order chi connectivity index (χ0) is 15.7. The van der Waals surface area contributed by atoms with Gasteiger partial charge >= 0.3 is 5.69 Å². The van der Waals surface area contributed by atoms with E-state index < -0.39 is 11.2 Å². The van der Waals surface area contributed by atoms with E-state index in [2.05, 4.69) is 15.3 Å². The van der Waals surface area contributed by atoms with Crippen molar-refractivity contribution in [3.05, 3.63) is 26.5 Å². The molecule has 2 heterocycles. The van der Waals surface area contributed by atoms with Crippen LogP contribution in [-0.4, -0.2) is 25.6 Å². The average Bonchev–Trinajstić information content (AvgIpc) is 2.47. The Morgan fingerprint density at radius 3 is 2.48 bits per heavy atom. The molecule has 21 heavy (non-hydrogen) atoms. The van der Waals surface area contributed by atoms with Gasteiger partial charge in [-0.05, 0) is 5.92 Å². The van der Waals surface area contributed by atoms with Crippen LogP contribution in [-0.2, 0) is 14.1 Å². The van der Waals surface area contributed by atoms with Crippen LogP contribution in [0, 0.1) is 17.2 Å². The number of aromatic nitrogens is 4. The Morgan fingerprint density at radius 1 is 1.24 bits per heavy atom. The Morgan fingerprint density at radius 2 is 1.90 bits per heavy atom. The molecule has 8 heteroatoms. The van der Waals surface area contributed by atoms with Crippen molar-refractivity contribution in [3.8, 4) is 6.07 Å². The predicted octanol–water partition coefficient (Wildman–Crippen LogP) is -0.0332. The molecule has 0 aliphatic rings. The second-order valence-electron chi connectivity index (χ2n) is 5.19. The van der Waals surface area contributed by atoms with Crippen LogP contribution >= 0.6 is 0 Å². The van der Waals surface area contributed by atoms with Gasteiger partial charge < -0.3 is 5.32 Å². The molecule has 0 saturated heterocycles. The normalized spacial score (nSPS) is 10.9. The lowest BCUT2D eigenvalue weighted by Gasteiger charge is -2.11. The average molecular weight is 288 g/mol. The molecule has 0 fully saturated rings. The van der Waals surface area contributed by atoms with Gasteiger partial charge in [-0.1, -0.05) is 13.8 Å². The van der Waals surface area contributed by atoms with Gasteiger partial charge in [0, 0.05) is 20.6 Å². The van der Waals surface area contributed by atoms with Crippen molar-refractivity contribution >= 4 is 17.0 Å². The minimum atomic E-state index is -0.562. The molecular formula is C13H16N6O2. The van der Waals surface area contributed by atoms with Crippen LogP contribution in [0.4, 0.5) is 5.82 Å². The molecule has 110 valence electrons. The molecule has 2 aromatic heterocycles. The fourth-order valence-corrected chi connectivity index (χ4v) is 1.87. The summed E-state index contributed by atoms with van der Waals surface area (Å²) in [6, 6.07) is 1.92. The van der Waals surface area contributed by atoms with Gasteiger partial charge in [0.15, 0.2) is 22.7 Å². The molecule has 1 N–H and O–H groups in total. The maximum Gasteiger partial charge on any atom is 0.332 e. The van der Waals surface area contributed by atoms with Gasteiger partial charge in [-0.25, -0.2) is 14.8 Å². The quantitative estimate of drug-likeness (QED) is 0.850. The zero-order valence-corrected chi connectivity index (χ0v) is 12.3. The second-order valence-corrected chi connectivity index (χ2v) is 5.19. The van der Waals surface area contributed by atoms with Gasteiger partial charge in [0.1, 0.15) is 6.07 Å². The summed E-state index contributed by atoms with van der Waals surface area (Å²) >= 11 is 0. The van der Waals surface area contributed by atoms with Gasteiger partial charge in [-0.2, -0.15) is 5.26 Å². The van der Waals surface area contributed by atoms with Crippen molar-refractivity contribution in [2.45, 2.75) is 13.8 Å². The fraction of sp³-hybridized carbons (Fsp3) is 0.462. The molecule has 0 amide bonds. The highest BCUT2D eigenvalue weighted by Gasteiger charge is 2.15. The molecule has 8 nitrogen and oxygen atoms in total. The summed E-state index contributed by atoms with van der Waals surface area (Å²) in [4.78, 5) is 32.3. The maximum absolute atomic E-state index is 12.1. The minimum absolute atomic E-state index is 0.00578. The van der Waals surface area contributed by atoms with Crippen LogP contribution in [0.1, 0.15) is 19.5 Å². The molecule has 2 rings (SSSR count). The number of nitriles is 1. The largest absolute Gasteiger partial charge is 0.367 e. The number of fused-ring (bicyclic) bond motifs is 1. The van der Waals surface area contributed by atoms with E-state index in [0.29, 0.717) is 12.5 Å². The lowest BCUT2D eigenvalue weighted by molar-refractivity contribution is 0.684. The van der Waals surface area contributed by atoms with Gasteiger partial charge in [0.25, 0.3) is 5.56 Å². The van der Waals surface area contributed by atoms with Crippen molar-refractivity contribution in [1.29, 1.82) is 5.26 Å². The third-order valence-electron chi connectivity index (χ3n) is 3.06. The predicted molar refractivity (Wildman–Crippen MR) is 78.1 cm³/mol. The van der Waals surface area contributed by atoms with Gasteiger partial charge in [-0.15, -0.1) is 0 Å². The zero-order valence-electron chi connectivity index (χ0n) is 12.3. The Bertz CT molecular complexity index is 856. The molecule has 0 unspecified atom stereocenters. The van der Waals surface area contributed by atoms with Crippen molar-refractivity contribution < 1.29 is 0 Å². The molecule has 0 spiro atoms. The van der Waals surface area contributed by atoms with E-state index >= 15 is 0 Å². The van der Waals surface area contributed by atoms with E-state index in [0.717, 1.165) is 4.57 Å². The van der Waals surface area contributed by atoms with Crippen LogP contribution in [0.25, 0.3) is 11.2 Å². The summed E-state index contributed by atoms with van der Waals surface area (Å²) in [6.45, 7) is 4.63. The van der Waals surface area contributed by atoms with Crippen molar-refractivity contribution in [2.75, 3.05) is 11.9 Å². The van der Waals surface area contributed by atoms with Gasteiger partial charge in [0.2, 0.25) is 0 Å². The van der Waals surface area contributed by atoms with Gasteiger partial charge in [-0.3, -0.25) is 13.9 Å². The van der Waals surface area contributed by atoms with Crippen molar-refractivity contribution in [2.24, 2.45) is 20.0 Å². The van der Waals surface area contributed by atoms with E-state index in [9.17, 15) is 9.59 Å². The number of rotatable bonds is 3. The number of anilines is 1. The van der Waals surface area contributed by atoms with E-state index in [-0.39, 0.29) is 22.7 Å². The van der Waals surface area contributed by atoms with Crippen LogP contribution in [0.3, 0.4) is 0 Å². The molecule has 0 saturated carbocycles. The highest BCUT2D eigenvalue weighted by Crippen LogP contribution is 2.13. The Kier molecular flexibility index (Phi) is 3.76. The van der Waals surface area contributed by atoms with Crippen LogP contribution in [0.2, 0.25) is 0 Å². The molecule has 0 aliphatic heterocycles. The maximum atomic E-state index is 12.1.